The molecule has 2 nitrogen and oxygen atoms in total. The van der Waals surface area contributed by atoms with E-state index in [-0.39, 0.29) is 11.9 Å². The number of nitrogens with one attached hydrogen (secondary N) is 1. The van der Waals surface area contributed by atoms with Gasteiger partial charge in [0.05, 0.1) is 4.88 Å². The van der Waals surface area contributed by atoms with Crippen LogP contribution in [0.3, 0.4) is 0 Å². The van der Waals surface area contributed by atoms with Gasteiger partial charge in [0, 0.05) is 11.1 Å². The smallest absolute Gasteiger partial charge is 0.261 e. The van der Waals surface area contributed by atoms with Crippen molar-refractivity contribution >= 4 is 28.8 Å². The van der Waals surface area contributed by atoms with E-state index in [2.05, 4.69) is 5.32 Å². The predicted octanol–water partition coefficient (Wildman–Crippen LogP) is 4.07. The molecule has 1 amide bonds. The first-order chi connectivity index (χ1) is 9.06. The summed E-state index contributed by atoms with van der Waals surface area (Å²) in [5, 5.41) is 5.68. The monoisotopic (exact) mass is 293 g/mol. The van der Waals surface area contributed by atoms with Crippen LogP contribution in [0.2, 0.25) is 5.02 Å². The topological polar surface area (TPSA) is 29.1 Å². The van der Waals surface area contributed by atoms with E-state index >= 15 is 0 Å². The van der Waals surface area contributed by atoms with E-state index in [1.165, 1.54) is 11.3 Å². The Morgan fingerprint density at radius 2 is 2.21 bits per heavy atom. The van der Waals surface area contributed by atoms with Crippen LogP contribution in [0.4, 0.5) is 0 Å². The van der Waals surface area contributed by atoms with Gasteiger partial charge < -0.3 is 5.32 Å². The van der Waals surface area contributed by atoms with Crippen LogP contribution in [-0.4, -0.2) is 11.9 Å². The van der Waals surface area contributed by atoms with Gasteiger partial charge in [-0.25, -0.2) is 0 Å². The molecule has 19 heavy (non-hydrogen) atoms. The quantitative estimate of drug-likeness (QED) is 0.904. The fourth-order valence-corrected chi connectivity index (χ4v) is 3.00. The summed E-state index contributed by atoms with van der Waals surface area (Å²) in [6.45, 7) is 3.95. The van der Waals surface area contributed by atoms with Crippen molar-refractivity contribution in [2.75, 3.05) is 0 Å². The summed E-state index contributed by atoms with van der Waals surface area (Å²) in [5.41, 5.74) is 2.15. The number of carbonyl (C=O) groups excluding carboxylic acids is 1. The number of hydrogen-bond donors (Lipinski definition) is 1. The fourth-order valence-electron chi connectivity index (χ4n) is 1.96. The molecule has 0 aliphatic rings. The van der Waals surface area contributed by atoms with Gasteiger partial charge in [-0.15, -0.1) is 11.3 Å². The Hall–Kier alpha value is -1.32. The average Bonchev–Trinajstić information content (AvgIpc) is 2.75. The summed E-state index contributed by atoms with van der Waals surface area (Å²) in [4.78, 5) is 12.9. The van der Waals surface area contributed by atoms with Crippen LogP contribution in [0, 0.1) is 6.92 Å². The Bertz CT molecular complexity index is 579. The Kier molecular flexibility index (Phi) is 4.61. The summed E-state index contributed by atoms with van der Waals surface area (Å²) in [6, 6.07) is 9.76. The number of amides is 1. The van der Waals surface area contributed by atoms with Gasteiger partial charge in [-0.1, -0.05) is 23.7 Å². The van der Waals surface area contributed by atoms with Gasteiger partial charge in [-0.05, 0) is 55.0 Å². The number of benzene rings is 1. The van der Waals surface area contributed by atoms with Crippen LogP contribution >= 0.6 is 22.9 Å². The maximum absolute atomic E-state index is 12.1. The van der Waals surface area contributed by atoms with Crippen molar-refractivity contribution in [2.45, 2.75) is 26.3 Å². The molecule has 100 valence electrons. The van der Waals surface area contributed by atoms with Gasteiger partial charge in [-0.2, -0.15) is 0 Å². The molecule has 1 aromatic carbocycles. The van der Waals surface area contributed by atoms with Crippen LogP contribution in [0.1, 0.15) is 27.7 Å². The van der Waals surface area contributed by atoms with Crippen molar-refractivity contribution in [1.29, 1.82) is 0 Å². The molecule has 4 heteroatoms. The predicted molar refractivity (Wildman–Crippen MR) is 81.1 cm³/mol. The van der Waals surface area contributed by atoms with Crippen molar-refractivity contribution in [3.8, 4) is 0 Å². The largest absolute Gasteiger partial charge is 0.349 e. The van der Waals surface area contributed by atoms with Crippen molar-refractivity contribution in [1.82, 2.24) is 5.32 Å². The van der Waals surface area contributed by atoms with Crippen LogP contribution < -0.4 is 5.32 Å². The van der Waals surface area contributed by atoms with Crippen molar-refractivity contribution in [3.05, 3.63) is 56.7 Å². The molecule has 0 spiro atoms. The zero-order chi connectivity index (χ0) is 13.8. The molecule has 1 N–H and O–H groups in total. The Labute approximate surface area is 122 Å². The van der Waals surface area contributed by atoms with Gasteiger partial charge in [0.2, 0.25) is 0 Å². The number of aryl methyl sites for hydroxylation is 1. The number of thiophene rings is 1. The lowest BCUT2D eigenvalue weighted by molar-refractivity contribution is 0.0943. The van der Waals surface area contributed by atoms with Crippen molar-refractivity contribution in [3.63, 3.8) is 0 Å². The molecular weight excluding hydrogens is 278 g/mol. The van der Waals surface area contributed by atoms with Gasteiger partial charge in [0.1, 0.15) is 0 Å². The molecule has 0 fully saturated rings. The lowest BCUT2D eigenvalue weighted by Crippen LogP contribution is -2.33. The Balaban J connectivity index is 1.96. The van der Waals surface area contributed by atoms with Crippen LogP contribution in [0.5, 0.6) is 0 Å². The molecule has 0 aliphatic heterocycles. The van der Waals surface area contributed by atoms with E-state index in [0.717, 1.165) is 27.4 Å². The maximum atomic E-state index is 12.1. The maximum Gasteiger partial charge on any atom is 0.261 e. The number of hydrogen-bond acceptors (Lipinski definition) is 2. The van der Waals surface area contributed by atoms with Crippen molar-refractivity contribution in [2.24, 2.45) is 0 Å². The van der Waals surface area contributed by atoms with E-state index in [9.17, 15) is 4.79 Å². The van der Waals surface area contributed by atoms with Crippen LogP contribution in [0.15, 0.2) is 35.7 Å². The summed E-state index contributed by atoms with van der Waals surface area (Å²) < 4.78 is 0. The first-order valence-electron chi connectivity index (χ1n) is 6.15. The molecule has 0 radical (unpaired) electrons. The average molecular weight is 294 g/mol. The number of halogens is 1. The fraction of sp³-hybridized carbons (Fsp3) is 0.267. The molecule has 1 aromatic heterocycles. The lowest BCUT2D eigenvalue weighted by Gasteiger charge is -2.14. The normalized spacial score (nSPS) is 12.2. The van der Waals surface area contributed by atoms with Gasteiger partial charge in [-0.3, -0.25) is 4.79 Å². The van der Waals surface area contributed by atoms with E-state index in [1.54, 1.807) is 0 Å². The highest BCUT2D eigenvalue weighted by Gasteiger charge is 2.13. The Morgan fingerprint density at radius 3 is 2.84 bits per heavy atom. The van der Waals surface area contributed by atoms with Gasteiger partial charge in [0.15, 0.2) is 0 Å². The minimum Gasteiger partial charge on any atom is -0.349 e. The third-order valence-corrected chi connectivity index (χ3v) is 4.13. The zero-order valence-electron chi connectivity index (χ0n) is 10.9. The second kappa shape index (κ2) is 6.22. The van der Waals surface area contributed by atoms with Gasteiger partial charge in [0.25, 0.3) is 5.91 Å². The third kappa shape index (κ3) is 3.82. The summed E-state index contributed by atoms with van der Waals surface area (Å²) in [5.74, 6) is 0.00188. The van der Waals surface area contributed by atoms with E-state index < -0.39 is 0 Å². The molecule has 2 rings (SSSR count). The van der Waals surface area contributed by atoms with Gasteiger partial charge >= 0.3 is 0 Å². The van der Waals surface area contributed by atoms with E-state index in [0.29, 0.717) is 0 Å². The second-order valence-corrected chi connectivity index (χ2v) is 5.99. The highest BCUT2D eigenvalue weighted by molar-refractivity contribution is 7.12. The zero-order valence-corrected chi connectivity index (χ0v) is 12.5. The highest BCUT2D eigenvalue weighted by Crippen LogP contribution is 2.16. The van der Waals surface area contributed by atoms with Crippen LogP contribution in [-0.2, 0) is 6.42 Å². The minimum absolute atomic E-state index is 0.00188. The lowest BCUT2D eigenvalue weighted by atomic mass is 10.1. The first-order valence-corrected chi connectivity index (χ1v) is 7.41. The standard InChI is InChI=1S/C15H16ClNOS/c1-10-6-7-19-14(10)15(18)17-11(2)8-12-4-3-5-13(16)9-12/h3-7,9,11H,8H2,1-2H3,(H,17,18). The van der Waals surface area contributed by atoms with E-state index in [1.807, 2.05) is 49.6 Å². The number of carbonyl (C=O) groups is 1. The SMILES string of the molecule is Cc1ccsc1C(=O)NC(C)Cc1cccc(Cl)c1. The molecule has 0 saturated carbocycles. The summed E-state index contributed by atoms with van der Waals surface area (Å²) in [7, 11) is 0. The highest BCUT2D eigenvalue weighted by atomic mass is 35.5. The summed E-state index contributed by atoms with van der Waals surface area (Å²) >= 11 is 7.43. The second-order valence-electron chi connectivity index (χ2n) is 4.64. The molecule has 1 unspecified atom stereocenters. The van der Waals surface area contributed by atoms with Crippen molar-refractivity contribution < 1.29 is 4.79 Å². The molecular formula is C15H16ClNOS. The molecule has 2 aromatic rings. The van der Waals surface area contributed by atoms with E-state index in [4.69, 9.17) is 11.6 Å². The molecule has 0 saturated heterocycles. The summed E-state index contributed by atoms with van der Waals surface area (Å²) in [6.07, 6.45) is 0.775. The first kappa shape index (κ1) is 14.1. The molecule has 1 heterocycles. The minimum atomic E-state index is 0.00188. The number of rotatable bonds is 4. The Morgan fingerprint density at radius 1 is 1.42 bits per heavy atom. The van der Waals surface area contributed by atoms with Crippen LogP contribution in [0.25, 0.3) is 0 Å². The molecule has 0 aliphatic carbocycles. The molecule has 1 atom stereocenters. The molecule has 0 bridgehead atoms. The third-order valence-electron chi connectivity index (χ3n) is 2.88.